The molecule has 1 saturated heterocycles. The summed E-state index contributed by atoms with van der Waals surface area (Å²) >= 11 is 0. The molecule has 3 aliphatic carbocycles. The molecule has 1 aliphatic heterocycles. The first-order valence-electron chi connectivity index (χ1n) is 13.5. The number of benzene rings is 1. The van der Waals surface area contributed by atoms with Gasteiger partial charge >= 0.3 is 5.97 Å². The molecule has 4 aliphatic rings. The fourth-order valence-electron chi connectivity index (χ4n) is 6.89. The summed E-state index contributed by atoms with van der Waals surface area (Å²) in [7, 11) is 0. The Morgan fingerprint density at radius 1 is 1.11 bits per heavy atom. The van der Waals surface area contributed by atoms with Crippen molar-refractivity contribution in [1.29, 1.82) is 0 Å². The molecule has 1 aromatic rings. The molecular formula is C28H38FNO5. The SMILES string of the molecule is CC1O[C@H](C)[C@@H](C(=O)O)N1C(=O)c1cc(C2CC2)c(OCCCC2CC3CCCC(C2)C3)cc1F. The van der Waals surface area contributed by atoms with Gasteiger partial charge in [-0.2, -0.15) is 0 Å². The Kier molecular flexibility index (Phi) is 7.06. The molecule has 3 saturated carbocycles. The monoisotopic (exact) mass is 487 g/mol. The number of carboxylic acids is 1. The fraction of sp³-hybridized carbons (Fsp3) is 0.714. The standard InChI is InChI=1S/C28H38FNO5/c1-16-26(28(32)33)30(17(2)35-16)27(31)23-14-22(21-8-9-21)25(15-24(23)29)34-10-4-7-20-12-18-5-3-6-19(11-18)13-20/h14-21,26H,3-13H2,1-2H3,(H,32,33)/t16-,17?,18?,19?,20?,26+/m1/s1. The summed E-state index contributed by atoms with van der Waals surface area (Å²) in [6, 6.07) is 1.77. The summed E-state index contributed by atoms with van der Waals surface area (Å²) in [5, 5.41) is 9.61. The van der Waals surface area contributed by atoms with Crippen molar-refractivity contribution < 1.29 is 28.6 Å². The molecule has 0 aromatic heterocycles. The maximum atomic E-state index is 15.2. The van der Waals surface area contributed by atoms with E-state index >= 15 is 4.39 Å². The van der Waals surface area contributed by atoms with Crippen LogP contribution in [0.4, 0.5) is 4.39 Å². The normalized spacial score (nSPS) is 32.5. The number of aliphatic carboxylic acids is 1. The molecular weight excluding hydrogens is 449 g/mol. The minimum Gasteiger partial charge on any atom is -0.493 e. The third-order valence-corrected chi connectivity index (χ3v) is 8.62. The third-order valence-electron chi connectivity index (χ3n) is 8.62. The zero-order valence-electron chi connectivity index (χ0n) is 20.9. The van der Waals surface area contributed by atoms with Crippen LogP contribution in [0.25, 0.3) is 0 Å². The highest BCUT2D eigenvalue weighted by Crippen LogP contribution is 2.46. The Morgan fingerprint density at radius 3 is 2.49 bits per heavy atom. The van der Waals surface area contributed by atoms with Gasteiger partial charge in [0.05, 0.1) is 18.3 Å². The molecule has 3 unspecified atom stereocenters. The molecule has 7 heteroatoms. The second-order valence-corrected chi connectivity index (χ2v) is 11.3. The van der Waals surface area contributed by atoms with Crippen molar-refractivity contribution in [2.24, 2.45) is 17.8 Å². The average molecular weight is 488 g/mol. The lowest BCUT2D eigenvalue weighted by Gasteiger charge is -2.39. The van der Waals surface area contributed by atoms with E-state index in [9.17, 15) is 14.7 Å². The van der Waals surface area contributed by atoms with Crippen LogP contribution in [-0.4, -0.2) is 46.9 Å². The van der Waals surface area contributed by atoms with Gasteiger partial charge in [-0.3, -0.25) is 9.69 Å². The molecule has 0 spiro atoms. The molecule has 5 atom stereocenters. The van der Waals surface area contributed by atoms with Gasteiger partial charge in [0.1, 0.15) is 17.8 Å². The molecule has 35 heavy (non-hydrogen) atoms. The number of amides is 1. The summed E-state index contributed by atoms with van der Waals surface area (Å²) in [6.45, 7) is 3.78. The Morgan fingerprint density at radius 2 is 1.83 bits per heavy atom. The summed E-state index contributed by atoms with van der Waals surface area (Å²) in [5.41, 5.74) is 0.749. The highest BCUT2D eigenvalue weighted by atomic mass is 19.1. The zero-order chi connectivity index (χ0) is 24.7. The average Bonchev–Trinajstić information content (AvgIpc) is 3.59. The van der Waals surface area contributed by atoms with Crippen molar-refractivity contribution >= 4 is 11.9 Å². The molecule has 5 rings (SSSR count). The van der Waals surface area contributed by atoms with E-state index in [4.69, 9.17) is 9.47 Å². The second-order valence-electron chi connectivity index (χ2n) is 11.3. The van der Waals surface area contributed by atoms with Crippen molar-refractivity contribution in [3.8, 4) is 5.75 Å². The van der Waals surface area contributed by atoms with Gasteiger partial charge in [0, 0.05) is 6.07 Å². The van der Waals surface area contributed by atoms with Crippen LogP contribution in [0.5, 0.6) is 5.75 Å². The lowest BCUT2D eigenvalue weighted by atomic mass is 9.67. The largest absolute Gasteiger partial charge is 0.493 e. The summed E-state index contributed by atoms with van der Waals surface area (Å²) < 4.78 is 26.8. The smallest absolute Gasteiger partial charge is 0.329 e. The number of carbonyl (C=O) groups is 2. The number of fused-ring (bicyclic) bond motifs is 2. The number of carboxylic acid groups (broad SMARTS) is 1. The van der Waals surface area contributed by atoms with Crippen LogP contribution in [0.1, 0.15) is 99.9 Å². The predicted molar refractivity (Wildman–Crippen MR) is 129 cm³/mol. The third kappa shape index (κ3) is 5.20. The van der Waals surface area contributed by atoms with Gasteiger partial charge in [0.25, 0.3) is 5.91 Å². The van der Waals surface area contributed by atoms with E-state index in [0.717, 1.165) is 53.9 Å². The number of rotatable bonds is 8. The van der Waals surface area contributed by atoms with Crippen LogP contribution < -0.4 is 4.74 Å². The quantitative estimate of drug-likeness (QED) is 0.473. The van der Waals surface area contributed by atoms with E-state index in [1.165, 1.54) is 44.6 Å². The van der Waals surface area contributed by atoms with Crippen LogP contribution in [0.2, 0.25) is 0 Å². The first kappa shape index (κ1) is 24.5. The molecule has 1 aromatic carbocycles. The van der Waals surface area contributed by atoms with Gasteiger partial charge in [0.2, 0.25) is 0 Å². The number of nitrogens with zero attached hydrogens (tertiary/aromatic N) is 1. The molecule has 1 amide bonds. The van der Waals surface area contributed by atoms with E-state index in [1.54, 1.807) is 19.9 Å². The van der Waals surface area contributed by atoms with Gasteiger partial charge in [-0.1, -0.05) is 19.3 Å². The minimum atomic E-state index is -1.15. The highest BCUT2D eigenvalue weighted by molar-refractivity contribution is 5.98. The minimum absolute atomic E-state index is 0.108. The van der Waals surface area contributed by atoms with Gasteiger partial charge in [-0.15, -0.1) is 0 Å². The Hall–Kier alpha value is -2.15. The van der Waals surface area contributed by atoms with E-state index in [1.807, 2.05) is 0 Å². The molecule has 192 valence electrons. The molecule has 1 heterocycles. The summed E-state index contributed by atoms with van der Waals surface area (Å²) in [6.07, 6.45) is 11.0. The van der Waals surface area contributed by atoms with E-state index in [-0.39, 0.29) is 11.5 Å². The van der Waals surface area contributed by atoms with E-state index in [2.05, 4.69) is 0 Å². The van der Waals surface area contributed by atoms with Crippen LogP contribution in [0, 0.1) is 23.6 Å². The predicted octanol–water partition coefficient (Wildman–Crippen LogP) is 5.74. The number of hydrogen-bond acceptors (Lipinski definition) is 4. The molecule has 0 radical (unpaired) electrons. The van der Waals surface area contributed by atoms with Crippen molar-refractivity contribution in [3.63, 3.8) is 0 Å². The number of halogens is 1. The Bertz CT molecular complexity index is 951. The van der Waals surface area contributed by atoms with Crippen LogP contribution in [0.3, 0.4) is 0 Å². The first-order valence-corrected chi connectivity index (χ1v) is 13.5. The van der Waals surface area contributed by atoms with Gasteiger partial charge in [-0.25, -0.2) is 9.18 Å². The van der Waals surface area contributed by atoms with Crippen molar-refractivity contribution in [1.82, 2.24) is 4.90 Å². The van der Waals surface area contributed by atoms with Crippen molar-refractivity contribution in [2.75, 3.05) is 6.61 Å². The van der Waals surface area contributed by atoms with E-state index < -0.39 is 36.1 Å². The van der Waals surface area contributed by atoms with Crippen molar-refractivity contribution in [2.45, 2.75) is 102 Å². The second kappa shape index (κ2) is 10.1. The zero-order valence-corrected chi connectivity index (χ0v) is 20.9. The topological polar surface area (TPSA) is 76.1 Å². The number of hydrogen-bond donors (Lipinski definition) is 1. The van der Waals surface area contributed by atoms with E-state index in [0.29, 0.717) is 12.4 Å². The summed E-state index contributed by atoms with van der Waals surface area (Å²) in [5.74, 6) is 0.930. The first-order chi connectivity index (χ1) is 16.8. The van der Waals surface area contributed by atoms with Crippen molar-refractivity contribution in [3.05, 3.63) is 29.1 Å². The molecule has 6 nitrogen and oxygen atoms in total. The molecule has 4 fully saturated rings. The number of ether oxygens (including phenoxy) is 2. The van der Waals surface area contributed by atoms with Gasteiger partial charge in [0.15, 0.2) is 6.04 Å². The maximum Gasteiger partial charge on any atom is 0.329 e. The number of carbonyl (C=O) groups excluding carboxylic acids is 1. The molecule has 1 N–H and O–H groups in total. The highest BCUT2D eigenvalue weighted by Gasteiger charge is 2.46. The Balaban J connectivity index is 1.25. The van der Waals surface area contributed by atoms with Gasteiger partial charge < -0.3 is 14.6 Å². The lowest BCUT2D eigenvalue weighted by molar-refractivity contribution is -0.142. The maximum absolute atomic E-state index is 15.2. The fourth-order valence-corrected chi connectivity index (χ4v) is 6.89. The van der Waals surface area contributed by atoms with Crippen LogP contribution in [-0.2, 0) is 9.53 Å². The van der Waals surface area contributed by atoms with Crippen LogP contribution >= 0.6 is 0 Å². The Labute approximate surface area is 207 Å². The molecule has 2 bridgehead atoms. The van der Waals surface area contributed by atoms with Gasteiger partial charge in [-0.05, 0) is 94.1 Å². The van der Waals surface area contributed by atoms with Crippen LogP contribution in [0.15, 0.2) is 12.1 Å². The lowest BCUT2D eigenvalue weighted by Crippen LogP contribution is -2.47. The summed E-state index contributed by atoms with van der Waals surface area (Å²) in [4.78, 5) is 26.2.